The Hall–Kier alpha value is -3.42. The van der Waals surface area contributed by atoms with Crippen molar-refractivity contribution in [3.05, 3.63) is 58.6 Å². The van der Waals surface area contributed by atoms with Gasteiger partial charge in [0, 0.05) is 6.07 Å². The molecule has 1 aliphatic rings. The summed E-state index contributed by atoms with van der Waals surface area (Å²) in [6.07, 6.45) is -0.147. The van der Waals surface area contributed by atoms with Crippen molar-refractivity contribution < 1.29 is 14.5 Å². The molecule has 8 nitrogen and oxygen atoms in total. The maximum absolute atomic E-state index is 12.2. The minimum absolute atomic E-state index is 0.101. The topological polar surface area (TPSA) is 113 Å². The number of carbonyl (C=O) groups is 2. The third-order valence-corrected chi connectivity index (χ3v) is 3.60. The van der Waals surface area contributed by atoms with Crippen LogP contribution in [0, 0.1) is 10.1 Å². The van der Waals surface area contributed by atoms with Gasteiger partial charge in [-0.2, -0.15) is 0 Å². The molecule has 0 bridgehead atoms. The molecule has 1 aliphatic heterocycles. The van der Waals surface area contributed by atoms with Crippen LogP contribution in [0.15, 0.2) is 48.5 Å². The molecule has 8 heteroatoms. The molecule has 3 N–H and O–H groups in total. The van der Waals surface area contributed by atoms with Crippen LogP contribution in [-0.2, 0) is 9.59 Å². The van der Waals surface area contributed by atoms with E-state index in [0.717, 1.165) is 5.69 Å². The number of carbonyl (C=O) groups excluding carboxylic acids is 2. The molecular formula is C16H14N4O4. The van der Waals surface area contributed by atoms with Crippen LogP contribution in [0.5, 0.6) is 0 Å². The van der Waals surface area contributed by atoms with Gasteiger partial charge >= 0.3 is 0 Å². The Morgan fingerprint density at radius 3 is 2.54 bits per heavy atom. The molecule has 2 aromatic carbocycles. The highest BCUT2D eigenvalue weighted by Crippen LogP contribution is 2.27. The van der Waals surface area contributed by atoms with Crippen LogP contribution in [-0.4, -0.2) is 22.8 Å². The Labute approximate surface area is 137 Å². The predicted octanol–water partition coefficient (Wildman–Crippen LogP) is 2.36. The van der Waals surface area contributed by atoms with Gasteiger partial charge in [0.2, 0.25) is 11.8 Å². The van der Waals surface area contributed by atoms with Crippen LogP contribution in [0.2, 0.25) is 0 Å². The van der Waals surface area contributed by atoms with Crippen LogP contribution < -0.4 is 16.0 Å². The zero-order valence-electron chi connectivity index (χ0n) is 12.5. The highest BCUT2D eigenvalue weighted by molar-refractivity contribution is 6.06. The molecule has 0 fully saturated rings. The minimum Gasteiger partial charge on any atom is -0.372 e. The number of nitrogens with one attached hydrogen (secondary N) is 3. The summed E-state index contributed by atoms with van der Waals surface area (Å²) >= 11 is 0. The lowest BCUT2D eigenvalue weighted by Gasteiger charge is -2.26. The molecule has 1 unspecified atom stereocenters. The van der Waals surface area contributed by atoms with Gasteiger partial charge in [-0.05, 0) is 18.2 Å². The average Bonchev–Trinajstić information content (AvgIpc) is 2.55. The molecule has 0 radical (unpaired) electrons. The van der Waals surface area contributed by atoms with Crippen LogP contribution >= 0.6 is 0 Å². The Morgan fingerprint density at radius 1 is 1.12 bits per heavy atom. The fourth-order valence-electron chi connectivity index (χ4n) is 2.46. The lowest BCUT2D eigenvalue weighted by atomic mass is 10.1. The predicted molar refractivity (Wildman–Crippen MR) is 88.8 cm³/mol. The SMILES string of the molecule is O=C(CC1Nc2ccccc2NC1=O)Nc1ccccc1[N+](=O)[O-]. The summed E-state index contributed by atoms with van der Waals surface area (Å²) in [6, 6.07) is 12.3. The zero-order chi connectivity index (χ0) is 17.1. The van der Waals surface area contributed by atoms with Gasteiger partial charge in [0.1, 0.15) is 11.7 Å². The zero-order valence-corrected chi connectivity index (χ0v) is 12.5. The lowest BCUT2D eigenvalue weighted by molar-refractivity contribution is -0.383. The van der Waals surface area contributed by atoms with Crippen molar-refractivity contribution in [3.63, 3.8) is 0 Å². The number of rotatable bonds is 4. The molecule has 0 aliphatic carbocycles. The molecule has 1 atom stereocenters. The average molecular weight is 326 g/mol. The van der Waals surface area contributed by atoms with E-state index in [-0.39, 0.29) is 23.7 Å². The Bertz CT molecular complexity index is 821. The van der Waals surface area contributed by atoms with Crippen molar-refractivity contribution in [3.8, 4) is 0 Å². The number of amides is 2. The lowest BCUT2D eigenvalue weighted by Crippen LogP contribution is -2.41. The Kier molecular flexibility index (Phi) is 4.11. The highest BCUT2D eigenvalue weighted by Gasteiger charge is 2.28. The van der Waals surface area contributed by atoms with Crippen LogP contribution in [0.1, 0.15) is 6.42 Å². The smallest absolute Gasteiger partial charge is 0.292 e. The van der Waals surface area contributed by atoms with Crippen LogP contribution in [0.3, 0.4) is 0 Å². The van der Waals surface area contributed by atoms with Gasteiger partial charge in [-0.1, -0.05) is 24.3 Å². The van der Waals surface area contributed by atoms with E-state index in [2.05, 4.69) is 16.0 Å². The van der Waals surface area contributed by atoms with E-state index in [1.54, 1.807) is 24.3 Å². The molecule has 0 saturated carbocycles. The number of nitrogens with zero attached hydrogens (tertiary/aromatic N) is 1. The van der Waals surface area contributed by atoms with E-state index in [4.69, 9.17) is 0 Å². The first-order valence-corrected chi connectivity index (χ1v) is 7.24. The van der Waals surface area contributed by atoms with Crippen molar-refractivity contribution in [2.45, 2.75) is 12.5 Å². The fraction of sp³-hybridized carbons (Fsp3) is 0.125. The van der Waals surface area contributed by atoms with Gasteiger partial charge < -0.3 is 16.0 Å². The van der Waals surface area contributed by atoms with Crippen molar-refractivity contribution >= 4 is 34.6 Å². The van der Waals surface area contributed by atoms with Crippen LogP contribution in [0.4, 0.5) is 22.7 Å². The fourth-order valence-corrected chi connectivity index (χ4v) is 2.46. The summed E-state index contributed by atoms with van der Waals surface area (Å²) in [5.41, 5.74) is 1.28. The monoisotopic (exact) mass is 326 g/mol. The second-order valence-electron chi connectivity index (χ2n) is 5.26. The van der Waals surface area contributed by atoms with E-state index in [1.165, 1.54) is 18.2 Å². The Balaban J connectivity index is 1.70. The summed E-state index contributed by atoms with van der Waals surface area (Å²) < 4.78 is 0. The maximum atomic E-state index is 12.2. The molecule has 122 valence electrons. The van der Waals surface area contributed by atoms with Gasteiger partial charge in [-0.3, -0.25) is 19.7 Å². The number of fused-ring (bicyclic) bond motifs is 1. The van der Waals surface area contributed by atoms with Gasteiger partial charge in [0.15, 0.2) is 0 Å². The summed E-state index contributed by atoms with van der Waals surface area (Å²) in [4.78, 5) is 34.6. The number of hydrogen-bond donors (Lipinski definition) is 3. The second kappa shape index (κ2) is 6.37. The van der Waals surface area contributed by atoms with Gasteiger partial charge in [0.05, 0.1) is 22.7 Å². The molecule has 0 saturated heterocycles. The molecule has 2 amide bonds. The first kappa shape index (κ1) is 15.5. The maximum Gasteiger partial charge on any atom is 0.292 e. The van der Waals surface area contributed by atoms with E-state index in [1.807, 2.05) is 6.07 Å². The number of anilines is 3. The van der Waals surface area contributed by atoms with Gasteiger partial charge in [-0.25, -0.2) is 0 Å². The van der Waals surface area contributed by atoms with Gasteiger partial charge in [-0.15, -0.1) is 0 Å². The summed E-state index contributed by atoms with van der Waals surface area (Å²) in [5, 5.41) is 19.2. The Morgan fingerprint density at radius 2 is 1.79 bits per heavy atom. The number of benzene rings is 2. The number of nitro benzene ring substituents is 1. The molecular weight excluding hydrogens is 312 g/mol. The second-order valence-corrected chi connectivity index (χ2v) is 5.26. The molecule has 24 heavy (non-hydrogen) atoms. The molecule has 0 aromatic heterocycles. The van der Waals surface area contributed by atoms with E-state index < -0.39 is 16.9 Å². The first-order valence-electron chi connectivity index (χ1n) is 7.24. The van der Waals surface area contributed by atoms with E-state index in [9.17, 15) is 19.7 Å². The standard InChI is InChI=1S/C16H14N4O4/c21-15(18-12-7-3-4-8-14(12)20(23)24)9-13-16(22)19-11-6-2-1-5-10(11)17-13/h1-8,13,17H,9H2,(H,18,21)(H,19,22). The normalized spacial score (nSPS) is 15.7. The summed E-state index contributed by atoms with van der Waals surface area (Å²) in [7, 11) is 0. The largest absolute Gasteiger partial charge is 0.372 e. The number of para-hydroxylation sites is 4. The molecule has 0 spiro atoms. The molecule has 1 heterocycles. The summed E-state index contributed by atoms with van der Waals surface area (Å²) in [6.45, 7) is 0. The molecule has 3 rings (SSSR count). The van der Waals surface area contributed by atoms with E-state index in [0.29, 0.717) is 5.69 Å². The quantitative estimate of drug-likeness (QED) is 0.589. The third kappa shape index (κ3) is 3.17. The molecule has 2 aromatic rings. The first-order chi connectivity index (χ1) is 11.5. The van der Waals surface area contributed by atoms with Crippen molar-refractivity contribution in [2.75, 3.05) is 16.0 Å². The van der Waals surface area contributed by atoms with Crippen LogP contribution in [0.25, 0.3) is 0 Å². The van der Waals surface area contributed by atoms with Crippen molar-refractivity contribution in [2.24, 2.45) is 0 Å². The highest BCUT2D eigenvalue weighted by atomic mass is 16.6. The summed E-state index contributed by atoms with van der Waals surface area (Å²) in [5.74, 6) is -0.817. The van der Waals surface area contributed by atoms with Gasteiger partial charge in [0.25, 0.3) is 5.69 Å². The minimum atomic E-state index is -0.748. The van der Waals surface area contributed by atoms with E-state index >= 15 is 0 Å². The van der Waals surface area contributed by atoms with Crippen molar-refractivity contribution in [1.82, 2.24) is 0 Å². The third-order valence-electron chi connectivity index (χ3n) is 3.60. The van der Waals surface area contributed by atoms with Crippen molar-refractivity contribution in [1.29, 1.82) is 0 Å². The number of nitro groups is 1. The number of hydrogen-bond acceptors (Lipinski definition) is 5.